The molecule has 0 saturated heterocycles. The first-order chi connectivity index (χ1) is 7.47. The van der Waals surface area contributed by atoms with Gasteiger partial charge in [0.1, 0.15) is 4.90 Å². The molecule has 1 heterocycles. The number of aromatic amines is 1. The Hall–Kier alpha value is -0.920. The molecule has 0 aliphatic heterocycles. The van der Waals surface area contributed by atoms with Crippen LogP contribution in [0.5, 0.6) is 0 Å². The van der Waals surface area contributed by atoms with E-state index in [4.69, 9.17) is 5.11 Å². The molecule has 1 aromatic heterocycles. The molecule has 16 heavy (non-hydrogen) atoms. The summed E-state index contributed by atoms with van der Waals surface area (Å²) in [5.74, 6) is 0.138. The van der Waals surface area contributed by atoms with E-state index in [0.717, 1.165) is 0 Å². The van der Waals surface area contributed by atoms with Crippen molar-refractivity contribution in [3.8, 4) is 0 Å². The standard InChI is InChI=1S/C9H17N3O3S/c1-7(2)8(6-13)3-12-16(14,15)9-4-10-11-5-9/h4-5,7-8,12-13H,3,6H2,1-2H3,(H,10,11). The normalized spacial score (nSPS) is 14.2. The van der Waals surface area contributed by atoms with Gasteiger partial charge in [-0.25, -0.2) is 13.1 Å². The summed E-state index contributed by atoms with van der Waals surface area (Å²) < 4.78 is 25.8. The fourth-order valence-corrected chi connectivity index (χ4v) is 2.20. The molecule has 92 valence electrons. The number of aromatic nitrogens is 2. The van der Waals surface area contributed by atoms with Gasteiger partial charge in [0.2, 0.25) is 10.0 Å². The molecular weight excluding hydrogens is 230 g/mol. The quantitative estimate of drug-likeness (QED) is 0.657. The zero-order valence-corrected chi connectivity index (χ0v) is 10.2. The van der Waals surface area contributed by atoms with Crippen LogP contribution < -0.4 is 4.72 Å². The molecule has 0 aliphatic carbocycles. The third-order valence-electron chi connectivity index (χ3n) is 2.50. The summed E-state index contributed by atoms with van der Waals surface area (Å²) >= 11 is 0. The molecule has 0 spiro atoms. The van der Waals surface area contributed by atoms with Gasteiger partial charge in [0, 0.05) is 19.3 Å². The fraction of sp³-hybridized carbons (Fsp3) is 0.667. The van der Waals surface area contributed by atoms with E-state index < -0.39 is 10.0 Å². The molecule has 6 nitrogen and oxygen atoms in total. The maximum absolute atomic E-state index is 11.7. The van der Waals surface area contributed by atoms with Gasteiger partial charge in [0.15, 0.2) is 0 Å². The maximum Gasteiger partial charge on any atom is 0.243 e. The minimum atomic E-state index is -3.51. The van der Waals surface area contributed by atoms with Crippen LogP contribution in [0.1, 0.15) is 13.8 Å². The molecule has 1 unspecified atom stereocenters. The molecule has 0 radical (unpaired) electrons. The number of nitrogens with zero attached hydrogens (tertiary/aromatic N) is 1. The molecule has 3 N–H and O–H groups in total. The molecule has 0 bridgehead atoms. The van der Waals surface area contributed by atoms with E-state index in [1.165, 1.54) is 12.4 Å². The number of rotatable bonds is 6. The van der Waals surface area contributed by atoms with Crippen molar-refractivity contribution in [2.24, 2.45) is 11.8 Å². The summed E-state index contributed by atoms with van der Waals surface area (Å²) in [6.45, 7) is 4.06. The smallest absolute Gasteiger partial charge is 0.243 e. The van der Waals surface area contributed by atoms with Crippen LogP contribution in [0, 0.1) is 11.8 Å². The van der Waals surface area contributed by atoms with Crippen molar-refractivity contribution in [2.75, 3.05) is 13.2 Å². The van der Waals surface area contributed by atoms with Crippen molar-refractivity contribution in [3.05, 3.63) is 12.4 Å². The Morgan fingerprint density at radius 1 is 1.56 bits per heavy atom. The van der Waals surface area contributed by atoms with Gasteiger partial charge in [-0.05, 0) is 11.8 Å². The molecule has 0 aliphatic rings. The molecular formula is C9H17N3O3S. The molecule has 1 aromatic rings. The van der Waals surface area contributed by atoms with Gasteiger partial charge in [-0.2, -0.15) is 5.10 Å². The van der Waals surface area contributed by atoms with Crippen LogP contribution in [0.3, 0.4) is 0 Å². The highest BCUT2D eigenvalue weighted by Gasteiger charge is 2.19. The first-order valence-electron chi connectivity index (χ1n) is 5.06. The zero-order chi connectivity index (χ0) is 12.2. The number of aliphatic hydroxyl groups is 1. The van der Waals surface area contributed by atoms with E-state index in [0.29, 0.717) is 0 Å². The maximum atomic E-state index is 11.7. The van der Waals surface area contributed by atoms with Crippen molar-refractivity contribution < 1.29 is 13.5 Å². The lowest BCUT2D eigenvalue weighted by Crippen LogP contribution is -2.33. The second-order valence-corrected chi connectivity index (χ2v) is 5.74. The minimum Gasteiger partial charge on any atom is -0.396 e. The fourth-order valence-electron chi connectivity index (χ4n) is 1.20. The minimum absolute atomic E-state index is 0.0361. The van der Waals surface area contributed by atoms with Gasteiger partial charge in [-0.15, -0.1) is 0 Å². The van der Waals surface area contributed by atoms with E-state index in [2.05, 4.69) is 14.9 Å². The van der Waals surface area contributed by atoms with E-state index in [-0.39, 0.29) is 29.9 Å². The average Bonchev–Trinajstić information content (AvgIpc) is 2.71. The Morgan fingerprint density at radius 2 is 2.25 bits per heavy atom. The van der Waals surface area contributed by atoms with Gasteiger partial charge >= 0.3 is 0 Å². The molecule has 0 aromatic carbocycles. The monoisotopic (exact) mass is 247 g/mol. The topological polar surface area (TPSA) is 95.1 Å². The Bertz CT molecular complexity index is 400. The molecule has 1 rings (SSSR count). The van der Waals surface area contributed by atoms with Crippen molar-refractivity contribution in [1.82, 2.24) is 14.9 Å². The molecule has 0 amide bonds. The van der Waals surface area contributed by atoms with Crippen LogP contribution in [0.2, 0.25) is 0 Å². The summed E-state index contributed by atoms with van der Waals surface area (Å²) in [6, 6.07) is 0. The van der Waals surface area contributed by atoms with E-state index in [1.807, 2.05) is 13.8 Å². The van der Waals surface area contributed by atoms with Crippen molar-refractivity contribution in [1.29, 1.82) is 0 Å². The number of H-pyrrole nitrogens is 1. The van der Waals surface area contributed by atoms with Crippen LogP contribution in [0.25, 0.3) is 0 Å². The number of hydrogen-bond acceptors (Lipinski definition) is 4. The number of hydrogen-bond donors (Lipinski definition) is 3. The van der Waals surface area contributed by atoms with E-state index in [1.54, 1.807) is 0 Å². The lowest BCUT2D eigenvalue weighted by molar-refractivity contribution is 0.191. The van der Waals surface area contributed by atoms with E-state index in [9.17, 15) is 8.42 Å². The molecule has 7 heteroatoms. The predicted molar refractivity (Wildman–Crippen MR) is 59.2 cm³/mol. The molecule has 0 saturated carbocycles. The van der Waals surface area contributed by atoms with Gasteiger partial charge < -0.3 is 5.11 Å². The SMILES string of the molecule is CC(C)C(CO)CNS(=O)(=O)c1cn[nH]c1. The highest BCUT2D eigenvalue weighted by molar-refractivity contribution is 7.89. The van der Waals surface area contributed by atoms with Crippen molar-refractivity contribution in [2.45, 2.75) is 18.7 Å². The predicted octanol–water partition coefficient (Wildman–Crippen LogP) is -0.0475. The van der Waals surface area contributed by atoms with Gasteiger partial charge in [-0.1, -0.05) is 13.8 Å². The summed E-state index contributed by atoms with van der Waals surface area (Å²) in [5.41, 5.74) is 0. The van der Waals surface area contributed by atoms with Crippen molar-refractivity contribution in [3.63, 3.8) is 0 Å². The third-order valence-corrected chi connectivity index (χ3v) is 3.89. The number of sulfonamides is 1. The van der Waals surface area contributed by atoms with E-state index >= 15 is 0 Å². The van der Waals surface area contributed by atoms with Crippen LogP contribution in [-0.2, 0) is 10.0 Å². The summed E-state index contributed by atoms with van der Waals surface area (Å²) in [5, 5.41) is 15.1. The molecule has 1 atom stereocenters. The highest BCUT2D eigenvalue weighted by Crippen LogP contribution is 2.10. The zero-order valence-electron chi connectivity index (χ0n) is 9.34. The average molecular weight is 247 g/mol. The Kier molecular flexibility index (Phi) is 4.45. The van der Waals surface area contributed by atoms with Gasteiger partial charge in [0.25, 0.3) is 0 Å². The molecule has 0 fully saturated rings. The summed E-state index contributed by atoms with van der Waals surface area (Å²) in [6.07, 6.45) is 2.55. The first-order valence-corrected chi connectivity index (χ1v) is 6.55. The Morgan fingerprint density at radius 3 is 2.69 bits per heavy atom. The van der Waals surface area contributed by atoms with Crippen molar-refractivity contribution >= 4 is 10.0 Å². The highest BCUT2D eigenvalue weighted by atomic mass is 32.2. The number of nitrogens with one attached hydrogen (secondary N) is 2. The second-order valence-electron chi connectivity index (χ2n) is 3.97. The van der Waals surface area contributed by atoms with Crippen LogP contribution in [0.15, 0.2) is 17.3 Å². The summed E-state index contributed by atoms with van der Waals surface area (Å²) in [4.78, 5) is 0.105. The lowest BCUT2D eigenvalue weighted by atomic mass is 9.97. The van der Waals surface area contributed by atoms with Crippen LogP contribution in [-0.4, -0.2) is 36.9 Å². The third kappa shape index (κ3) is 3.29. The lowest BCUT2D eigenvalue weighted by Gasteiger charge is -2.18. The van der Waals surface area contributed by atoms with Gasteiger partial charge in [-0.3, -0.25) is 5.10 Å². The first kappa shape index (κ1) is 13.1. The summed E-state index contributed by atoms with van der Waals surface area (Å²) in [7, 11) is -3.51. The van der Waals surface area contributed by atoms with Crippen LogP contribution >= 0.6 is 0 Å². The second kappa shape index (κ2) is 5.42. The van der Waals surface area contributed by atoms with Gasteiger partial charge in [0.05, 0.1) is 6.20 Å². The van der Waals surface area contributed by atoms with Crippen LogP contribution in [0.4, 0.5) is 0 Å². The number of aliphatic hydroxyl groups excluding tert-OH is 1. The Balaban J connectivity index is 2.61. The Labute approximate surface area is 95.1 Å². The largest absolute Gasteiger partial charge is 0.396 e.